The summed E-state index contributed by atoms with van der Waals surface area (Å²) in [6.45, 7) is 8.15. The monoisotopic (exact) mass is 510 g/mol. The number of β-amino-alcohol motifs (C(OH)–C–C–N with tert-alkyl or cyclic N) is 1. The van der Waals surface area contributed by atoms with Crippen molar-refractivity contribution in [1.29, 1.82) is 0 Å². The van der Waals surface area contributed by atoms with Crippen molar-refractivity contribution in [3.8, 4) is 11.3 Å². The summed E-state index contributed by atoms with van der Waals surface area (Å²) in [7, 11) is 1.61. The minimum absolute atomic E-state index is 0.00659. The number of aromatic nitrogens is 3. The molecule has 0 bridgehead atoms. The van der Waals surface area contributed by atoms with E-state index in [1.165, 1.54) is 0 Å². The fourth-order valence-electron chi connectivity index (χ4n) is 4.42. The van der Waals surface area contributed by atoms with Gasteiger partial charge >= 0.3 is 0 Å². The van der Waals surface area contributed by atoms with Crippen LogP contribution in [0.5, 0.6) is 0 Å². The Morgan fingerprint density at radius 2 is 1.86 bits per heavy atom. The van der Waals surface area contributed by atoms with Gasteiger partial charge in [-0.25, -0.2) is 23.7 Å². The maximum absolute atomic E-state index is 14.8. The fraction of sp³-hybridized carbons (Fsp3) is 0.385. The molecule has 0 radical (unpaired) electrons. The van der Waals surface area contributed by atoms with Crippen LogP contribution < -0.4 is 16.0 Å². The van der Waals surface area contributed by atoms with E-state index in [0.29, 0.717) is 23.6 Å². The van der Waals surface area contributed by atoms with Crippen molar-refractivity contribution in [2.45, 2.75) is 13.8 Å². The molecule has 1 aromatic carbocycles. The van der Waals surface area contributed by atoms with Crippen LogP contribution in [-0.2, 0) is 0 Å². The number of pyridine rings is 1. The number of nitrogens with two attached hydrogens (primary N) is 1. The van der Waals surface area contributed by atoms with E-state index in [1.54, 1.807) is 25.4 Å². The average molecular weight is 511 g/mol. The molecule has 4 rings (SSSR count). The first kappa shape index (κ1) is 26.4. The second-order valence-electron chi connectivity index (χ2n) is 9.15. The lowest BCUT2D eigenvalue weighted by atomic mass is 9.95. The van der Waals surface area contributed by atoms with Crippen molar-refractivity contribution in [3.63, 3.8) is 0 Å². The maximum atomic E-state index is 14.8. The normalized spacial score (nSPS) is 14.9. The van der Waals surface area contributed by atoms with Crippen molar-refractivity contribution < 1.29 is 13.9 Å². The molecule has 0 unspecified atom stereocenters. The number of rotatable bonds is 8. The van der Waals surface area contributed by atoms with Crippen LogP contribution in [-0.4, -0.2) is 77.0 Å². The van der Waals surface area contributed by atoms with Crippen molar-refractivity contribution in [2.75, 3.05) is 62.3 Å². The summed E-state index contributed by atoms with van der Waals surface area (Å²) in [5, 5.41) is 12.1. The first-order valence-corrected chi connectivity index (χ1v) is 12.2. The smallest absolute Gasteiger partial charge is 0.229 e. The quantitative estimate of drug-likeness (QED) is 0.312. The largest absolute Gasteiger partial charge is 0.396 e. The van der Waals surface area contributed by atoms with Gasteiger partial charge < -0.3 is 21.1 Å². The topological polar surface area (TPSA) is 116 Å². The van der Waals surface area contributed by atoms with E-state index in [-0.39, 0.29) is 35.4 Å². The molecule has 0 saturated carbocycles. The molecule has 3 heterocycles. The zero-order valence-electron chi connectivity index (χ0n) is 21.2. The summed E-state index contributed by atoms with van der Waals surface area (Å²) in [5.74, 6) is -0.751. The first-order valence-electron chi connectivity index (χ1n) is 12.2. The predicted octanol–water partition coefficient (Wildman–Crippen LogP) is 3.33. The standard InChI is InChI=1S/C26H32F2N8O/c1-16(2)24(30-3)19-12-17(13-20(27)23(19)29)25-21(28)15-32-26(34-25)33-22-5-4-18(14-31-22)36-8-6-35(7-9-36)10-11-37/h4-5,12-16,37H,6-11,29H2,1-3H3,(H,31,32,33,34). The highest BCUT2D eigenvalue weighted by Gasteiger charge is 2.20. The van der Waals surface area contributed by atoms with Crippen molar-refractivity contribution in [3.05, 3.63) is 53.9 Å². The number of nitrogens with zero attached hydrogens (tertiary/aromatic N) is 6. The van der Waals surface area contributed by atoms with Gasteiger partial charge in [0.1, 0.15) is 17.3 Å². The molecular weight excluding hydrogens is 478 g/mol. The number of hydrogen-bond donors (Lipinski definition) is 3. The SMILES string of the molecule is CN=C(c1cc(-c2nc(Nc3ccc(N4CCN(CCO)CC4)cn3)ncc2F)cc(F)c1N)C(C)C. The summed E-state index contributed by atoms with van der Waals surface area (Å²) >= 11 is 0. The molecule has 1 aliphatic rings. The Balaban J connectivity index is 1.54. The molecule has 0 aliphatic carbocycles. The summed E-state index contributed by atoms with van der Waals surface area (Å²) in [5.41, 5.74) is 8.13. The number of nitrogens with one attached hydrogen (secondary N) is 1. The van der Waals surface area contributed by atoms with E-state index in [4.69, 9.17) is 10.8 Å². The first-order chi connectivity index (χ1) is 17.8. The summed E-state index contributed by atoms with van der Waals surface area (Å²) in [6.07, 6.45) is 2.80. The van der Waals surface area contributed by atoms with Crippen molar-refractivity contribution >= 4 is 28.9 Å². The molecule has 196 valence electrons. The van der Waals surface area contributed by atoms with Crippen LogP contribution in [0.4, 0.5) is 31.9 Å². The fourth-order valence-corrected chi connectivity index (χ4v) is 4.42. The minimum Gasteiger partial charge on any atom is -0.396 e. The number of anilines is 4. The number of hydrogen-bond acceptors (Lipinski definition) is 9. The third kappa shape index (κ3) is 6.00. The van der Waals surface area contributed by atoms with Gasteiger partial charge in [0, 0.05) is 56.6 Å². The van der Waals surface area contributed by atoms with E-state index in [2.05, 4.69) is 35.1 Å². The Kier molecular flexibility index (Phi) is 8.24. The molecular formula is C26H32F2N8O. The Morgan fingerprint density at radius 1 is 1.11 bits per heavy atom. The number of piperazine rings is 1. The Hall–Kier alpha value is -3.70. The molecule has 0 atom stereocenters. The predicted molar refractivity (Wildman–Crippen MR) is 142 cm³/mol. The number of benzene rings is 1. The van der Waals surface area contributed by atoms with Crippen LogP contribution in [0.1, 0.15) is 19.4 Å². The van der Waals surface area contributed by atoms with Crippen LogP contribution in [0.25, 0.3) is 11.3 Å². The summed E-state index contributed by atoms with van der Waals surface area (Å²) in [4.78, 5) is 21.5. The third-order valence-corrected chi connectivity index (χ3v) is 6.35. The molecule has 2 aromatic heterocycles. The van der Waals surface area contributed by atoms with Crippen LogP contribution in [0.2, 0.25) is 0 Å². The lowest BCUT2D eigenvalue weighted by molar-refractivity contribution is 0.189. The van der Waals surface area contributed by atoms with Gasteiger partial charge in [0.25, 0.3) is 0 Å². The second kappa shape index (κ2) is 11.6. The van der Waals surface area contributed by atoms with Gasteiger partial charge in [-0.15, -0.1) is 0 Å². The molecule has 3 aromatic rings. The second-order valence-corrected chi connectivity index (χ2v) is 9.15. The van der Waals surface area contributed by atoms with E-state index in [1.807, 2.05) is 19.9 Å². The van der Waals surface area contributed by atoms with Crippen LogP contribution in [0.3, 0.4) is 0 Å². The highest BCUT2D eigenvalue weighted by Crippen LogP contribution is 2.30. The zero-order valence-corrected chi connectivity index (χ0v) is 21.2. The third-order valence-electron chi connectivity index (χ3n) is 6.35. The summed E-state index contributed by atoms with van der Waals surface area (Å²) in [6, 6.07) is 6.51. The number of nitrogen functional groups attached to an aromatic ring is 1. The van der Waals surface area contributed by atoms with Crippen LogP contribution in [0, 0.1) is 17.6 Å². The molecule has 11 heteroatoms. The Bertz CT molecular complexity index is 1260. The Labute approximate surface area is 215 Å². The molecule has 4 N–H and O–H groups in total. The maximum Gasteiger partial charge on any atom is 0.229 e. The zero-order chi connectivity index (χ0) is 26.5. The number of aliphatic imine (C=N–C) groups is 1. The van der Waals surface area contributed by atoms with Gasteiger partial charge in [0.05, 0.1) is 30.4 Å². The van der Waals surface area contributed by atoms with E-state index in [9.17, 15) is 8.78 Å². The highest BCUT2D eigenvalue weighted by molar-refractivity contribution is 6.06. The van der Waals surface area contributed by atoms with Gasteiger partial charge in [-0.1, -0.05) is 13.8 Å². The number of halogens is 2. The van der Waals surface area contributed by atoms with Gasteiger partial charge in [-0.05, 0) is 30.2 Å². The van der Waals surface area contributed by atoms with Crippen molar-refractivity contribution in [2.24, 2.45) is 10.9 Å². The van der Waals surface area contributed by atoms with Gasteiger partial charge in [0.15, 0.2) is 5.82 Å². The van der Waals surface area contributed by atoms with E-state index >= 15 is 0 Å². The molecule has 1 aliphatic heterocycles. The van der Waals surface area contributed by atoms with Crippen LogP contribution in [0.15, 0.2) is 41.7 Å². The number of aliphatic hydroxyl groups excluding tert-OH is 1. The molecule has 9 nitrogen and oxygen atoms in total. The minimum atomic E-state index is -0.691. The van der Waals surface area contributed by atoms with Crippen molar-refractivity contribution in [1.82, 2.24) is 19.9 Å². The van der Waals surface area contributed by atoms with Gasteiger partial charge in [0.2, 0.25) is 5.95 Å². The lowest BCUT2D eigenvalue weighted by Crippen LogP contribution is -2.47. The molecule has 1 fully saturated rings. The summed E-state index contributed by atoms with van der Waals surface area (Å²) < 4.78 is 29.5. The number of aliphatic hydroxyl groups is 1. The molecule has 0 spiro atoms. The van der Waals surface area contributed by atoms with E-state index < -0.39 is 11.6 Å². The molecule has 0 amide bonds. The highest BCUT2D eigenvalue weighted by atomic mass is 19.1. The molecule has 1 saturated heterocycles. The average Bonchev–Trinajstić information content (AvgIpc) is 2.89. The molecule has 37 heavy (non-hydrogen) atoms. The van der Waals surface area contributed by atoms with Gasteiger partial charge in [-0.2, -0.15) is 0 Å². The lowest BCUT2D eigenvalue weighted by Gasteiger charge is -2.35. The van der Waals surface area contributed by atoms with Gasteiger partial charge in [-0.3, -0.25) is 9.89 Å². The Morgan fingerprint density at radius 3 is 2.49 bits per heavy atom. The van der Waals surface area contributed by atoms with E-state index in [0.717, 1.165) is 44.1 Å². The van der Waals surface area contributed by atoms with Crippen LogP contribution >= 0.6 is 0 Å².